The SMILES string of the molecule is CCNC(=NCc1cn(C)nc1C(F)(F)F)NCc1ccccc1Cl. The van der Waals surface area contributed by atoms with Crippen LogP contribution in [0.1, 0.15) is 23.7 Å². The van der Waals surface area contributed by atoms with E-state index in [9.17, 15) is 13.2 Å². The molecule has 2 aromatic rings. The van der Waals surface area contributed by atoms with Crippen LogP contribution in [-0.4, -0.2) is 22.3 Å². The van der Waals surface area contributed by atoms with Crippen molar-refractivity contribution in [2.75, 3.05) is 6.54 Å². The standard InChI is InChI=1S/C16H19ClF3N5/c1-3-21-15(22-8-11-6-4-5-7-13(11)17)23-9-12-10-25(2)24-14(12)16(18,19)20/h4-7,10H,3,8-9H2,1-2H3,(H2,21,22,23). The summed E-state index contributed by atoms with van der Waals surface area (Å²) in [6, 6.07) is 7.32. The summed E-state index contributed by atoms with van der Waals surface area (Å²) < 4.78 is 40.1. The van der Waals surface area contributed by atoms with Crippen molar-refractivity contribution in [2.45, 2.75) is 26.2 Å². The molecule has 0 fully saturated rings. The van der Waals surface area contributed by atoms with Gasteiger partial charge in [0.2, 0.25) is 0 Å². The smallest absolute Gasteiger partial charge is 0.357 e. The molecule has 0 saturated heterocycles. The van der Waals surface area contributed by atoms with E-state index >= 15 is 0 Å². The predicted octanol–water partition coefficient (Wildman–Crippen LogP) is 3.35. The Morgan fingerprint density at radius 3 is 2.60 bits per heavy atom. The summed E-state index contributed by atoms with van der Waals surface area (Å²) in [6.45, 7) is 2.72. The number of alkyl halides is 3. The minimum Gasteiger partial charge on any atom is -0.357 e. The van der Waals surface area contributed by atoms with Gasteiger partial charge in [-0.05, 0) is 18.6 Å². The second-order valence-corrected chi connectivity index (χ2v) is 5.72. The van der Waals surface area contributed by atoms with Gasteiger partial charge in [-0.15, -0.1) is 0 Å². The van der Waals surface area contributed by atoms with Crippen LogP contribution < -0.4 is 10.6 Å². The molecule has 0 saturated carbocycles. The zero-order valence-corrected chi connectivity index (χ0v) is 14.6. The minimum absolute atomic E-state index is 0.0185. The average molecular weight is 374 g/mol. The van der Waals surface area contributed by atoms with E-state index in [0.717, 1.165) is 10.2 Å². The summed E-state index contributed by atoms with van der Waals surface area (Å²) in [5.74, 6) is 0.402. The number of guanidine groups is 1. The third kappa shape index (κ3) is 5.38. The van der Waals surface area contributed by atoms with Gasteiger partial charge < -0.3 is 10.6 Å². The summed E-state index contributed by atoms with van der Waals surface area (Å²) in [5, 5.41) is 10.1. The first-order valence-corrected chi connectivity index (χ1v) is 8.04. The van der Waals surface area contributed by atoms with E-state index < -0.39 is 11.9 Å². The Morgan fingerprint density at radius 2 is 1.96 bits per heavy atom. The zero-order valence-electron chi connectivity index (χ0n) is 13.9. The highest BCUT2D eigenvalue weighted by molar-refractivity contribution is 6.31. The molecule has 0 aliphatic carbocycles. The molecule has 0 bridgehead atoms. The van der Waals surface area contributed by atoms with Crippen LogP contribution in [0, 0.1) is 0 Å². The average Bonchev–Trinajstić information content (AvgIpc) is 2.92. The van der Waals surface area contributed by atoms with Gasteiger partial charge in [0.15, 0.2) is 11.7 Å². The van der Waals surface area contributed by atoms with Gasteiger partial charge in [-0.25, -0.2) is 4.99 Å². The van der Waals surface area contributed by atoms with Crippen molar-refractivity contribution >= 4 is 17.6 Å². The number of aliphatic imine (C=N–C) groups is 1. The van der Waals surface area contributed by atoms with Crippen molar-refractivity contribution in [1.82, 2.24) is 20.4 Å². The third-order valence-electron chi connectivity index (χ3n) is 3.33. The Kier molecular flexibility index (Phi) is 6.30. The zero-order chi connectivity index (χ0) is 18.4. The molecule has 2 rings (SSSR count). The molecule has 2 N–H and O–H groups in total. The quantitative estimate of drug-likeness (QED) is 0.624. The number of hydrogen-bond donors (Lipinski definition) is 2. The monoisotopic (exact) mass is 373 g/mol. The Bertz CT molecular complexity index is 740. The van der Waals surface area contributed by atoms with Crippen LogP contribution in [0.4, 0.5) is 13.2 Å². The van der Waals surface area contributed by atoms with Crippen LogP contribution in [0.2, 0.25) is 5.02 Å². The highest BCUT2D eigenvalue weighted by Crippen LogP contribution is 2.30. The van der Waals surface area contributed by atoms with Gasteiger partial charge in [-0.2, -0.15) is 18.3 Å². The first kappa shape index (κ1) is 19.1. The van der Waals surface area contributed by atoms with Crippen molar-refractivity contribution in [2.24, 2.45) is 12.0 Å². The second-order valence-electron chi connectivity index (χ2n) is 5.31. The maximum atomic E-state index is 13.0. The van der Waals surface area contributed by atoms with Crippen LogP contribution in [-0.2, 0) is 26.3 Å². The summed E-state index contributed by atoms with van der Waals surface area (Å²) in [4.78, 5) is 4.21. The molecule has 0 atom stereocenters. The van der Waals surface area contributed by atoms with Crippen LogP contribution in [0.5, 0.6) is 0 Å². The van der Waals surface area contributed by atoms with Crippen LogP contribution >= 0.6 is 11.6 Å². The molecule has 5 nitrogen and oxygen atoms in total. The van der Waals surface area contributed by atoms with Crippen molar-refractivity contribution in [3.05, 3.63) is 52.3 Å². The molecule has 0 unspecified atom stereocenters. The number of hydrogen-bond acceptors (Lipinski definition) is 2. The fraction of sp³-hybridized carbons (Fsp3) is 0.375. The Hall–Kier alpha value is -2.22. The lowest BCUT2D eigenvalue weighted by molar-refractivity contribution is -0.142. The maximum Gasteiger partial charge on any atom is 0.435 e. The van der Waals surface area contributed by atoms with Crippen molar-refractivity contribution in [1.29, 1.82) is 0 Å². The molecule has 0 radical (unpaired) electrons. The minimum atomic E-state index is -4.50. The van der Waals surface area contributed by atoms with Gasteiger partial charge in [0.25, 0.3) is 0 Å². The lowest BCUT2D eigenvalue weighted by atomic mass is 10.2. The lowest BCUT2D eigenvalue weighted by Gasteiger charge is -2.12. The highest BCUT2D eigenvalue weighted by Gasteiger charge is 2.36. The first-order chi connectivity index (χ1) is 11.8. The topological polar surface area (TPSA) is 54.2 Å². The second kappa shape index (κ2) is 8.24. The molecule has 9 heteroatoms. The van der Waals surface area contributed by atoms with E-state index in [1.165, 1.54) is 13.2 Å². The number of rotatable bonds is 5. The highest BCUT2D eigenvalue weighted by atomic mass is 35.5. The molecule has 25 heavy (non-hydrogen) atoms. The van der Waals surface area contributed by atoms with Crippen LogP contribution in [0.15, 0.2) is 35.5 Å². The predicted molar refractivity (Wildman–Crippen MR) is 91.3 cm³/mol. The van der Waals surface area contributed by atoms with Crippen LogP contribution in [0.3, 0.4) is 0 Å². The Labute approximate surface area is 148 Å². The fourth-order valence-electron chi connectivity index (χ4n) is 2.22. The number of aromatic nitrogens is 2. The van der Waals surface area contributed by atoms with E-state index in [1.807, 2.05) is 25.1 Å². The number of benzene rings is 1. The van der Waals surface area contributed by atoms with Gasteiger partial charge in [0, 0.05) is 36.9 Å². The molecule has 136 valence electrons. The molecule has 0 aliphatic rings. The Balaban J connectivity index is 2.11. The largest absolute Gasteiger partial charge is 0.435 e. The Morgan fingerprint density at radius 1 is 1.24 bits per heavy atom. The van der Waals surface area contributed by atoms with Gasteiger partial charge >= 0.3 is 6.18 Å². The summed E-state index contributed by atoms with van der Waals surface area (Å²) >= 11 is 6.10. The maximum absolute atomic E-state index is 13.0. The summed E-state index contributed by atoms with van der Waals surface area (Å²) in [5.41, 5.74) is -0.0298. The van der Waals surface area contributed by atoms with Crippen molar-refractivity contribution < 1.29 is 13.2 Å². The number of nitrogens with one attached hydrogen (secondary N) is 2. The van der Waals surface area contributed by atoms with Gasteiger partial charge in [-0.3, -0.25) is 4.68 Å². The molecule has 0 aliphatic heterocycles. The molecule has 0 spiro atoms. The fourth-order valence-corrected chi connectivity index (χ4v) is 2.42. The third-order valence-corrected chi connectivity index (χ3v) is 3.70. The normalized spacial score (nSPS) is 12.3. The number of halogens is 4. The molecular weight excluding hydrogens is 355 g/mol. The van der Waals surface area contributed by atoms with Crippen LogP contribution in [0.25, 0.3) is 0 Å². The van der Waals surface area contributed by atoms with E-state index in [4.69, 9.17) is 11.6 Å². The molecular formula is C16H19ClF3N5. The molecule has 1 aromatic heterocycles. The van der Waals surface area contributed by atoms with E-state index in [-0.39, 0.29) is 12.1 Å². The summed E-state index contributed by atoms with van der Waals surface area (Å²) in [6.07, 6.45) is -3.18. The van der Waals surface area contributed by atoms with Crippen molar-refractivity contribution in [3.8, 4) is 0 Å². The number of aryl methyl sites for hydroxylation is 1. The van der Waals surface area contributed by atoms with Gasteiger partial charge in [-0.1, -0.05) is 29.8 Å². The van der Waals surface area contributed by atoms with Gasteiger partial charge in [0.1, 0.15) is 0 Å². The number of nitrogens with zero attached hydrogens (tertiary/aromatic N) is 3. The van der Waals surface area contributed by atoms with E-state index in [2.05, 4.69) is 20.7 Å². The molecule has 1 aromatic carbocycles. The lowest BCUT2D eigenvalue weighted by Crippen LogP contribution is -2.36. The van der Waals surface area contributed by atoms with E-state index in [1.54, 1.807) is 6.07 Å². The molecule has 0 amide bonds. The molecule has 1 heterocycles. The first-order valence-electron chi connectivity index (χ1n) is 7.66. The van der Waals surface area contributed by atoms with Crippen molar-refractivity contribution in [3.63, 3.8) is 0 Å². The summed E-state index contributed by atoms with van der Waals surface area (Å²) in [7, 11) is 1.45. The van der Waals surface area contributed by atoms with E-state index in [0.29, 0.717) is 24.1 Å². The van der Waals surface area contributed by atoms with Gasteiger partial charge in [0.05, 0.1) is 6.54 Å².